The molecule has 3 aliphatic heterocycles. The minimum absolute atomic E-state index is 0.00502. The Hall–Kier alpha value is -2.70. The number of carbonyl (C=O) groups is 2. The molecule has 0 saturated carbocycles. The molecule has 2 aromatic rings. The third kappa shape index (κ3) is 2.48. The van der Waals surface area contributed by atoms with Crippen LogP contribution in [0.2, 0.25) is 0 Å². The molecular formula is C20H22N4O3. The van der Waals surface area contributed by atoms with E-state index in [4.69, 9.17) is 4.98 Å². The van der Waals surface area contributed by atoms with Crippen LogP contribution in [0.15, 0.2) is 29.1 Å². The summed E-state index contributed by atoms with van der Waals surface area (Å²) in [5.41, 5.74) is 0.693. The summed E-state index contributed by atoms with van der Waals surface area (Å²) in [4.78, 5) is 46.4. The first-order chi connectivity index (χ1) is 13.0. The molecule has 1 aromatic carbocycles. The van der Waals surface area contributed by atoms with Gasteiger partial charge in [-0.1, -0.05) is 12.1 Å². The molecule has 1 aromatic heterocycles. The van der Waals surface area contributed by atoms with Gasteiger partial charge in [-0.2, -0.15) is 0 Å². The molecule has 0 aliphatic carbocycles. The van der Waals surface area contributed by atoms with Gasteiger partial charge in [-0.3, -0.25) is 19.0 Å². The second-order valence-electron chi connectivity index (χ2n) is 7.97. The SMILES string of the molecule is CN1C[C@H](C(=O)N2[C@@H]3CC[C@H]2Cc2nc4ccccc4c(=O)n2C3)CC1=O. The van der Waals surface area contributed by atoms with Crippen LogP contribution in [0.4, 0.5) is 0 Å². The van der Waals surface area contributed by atoms with Crippen LogP contribution in [0.3, 0.4) is 0 Å². The van der Waals surface area contributed by atoms with Gasteiger partial charge in [0.05, 0.1) is 22.9 Å². The molecule has 0 radical (unpaired) electrons. The first-order valence-corrected chi connectivity index (χ1v) is 9.57. The third-order valence-corrected chi connectivity index (χ3v) is 6.32. The Kier molecular flexibility index (Phi) is 3.60. The van der Waals surface area contributed by atoms with E-state index in [0.717, 1.165) is 18.7 Å². The van der Waals surface area contributed by atoms with E-state index in [1.807, 2.05) is 29.2 Å². The highest BCUT2D eigenvalue weighted by Crippen LogP contribution is 2.33. The largest absolute Gasteiger partial charge is 0.345 e. The lowest BCUT2D eigenvalue weighted by Gasteiger charge is -2.30. The monoisotopic (exact) mass is 366 g/mol. The molecular weight excluding hydrogens is 344 g/mol. The summed E-state index contributed by atoms with van der Waals surface area (Å²) in [5.74, 6) is 0.590. The predicted octanol–water partition coefficient (Wildman–Crippen LogP) is 0.790. The lowest BCUT2D eigenvalue weighted by molar-refractivity contribution is -0.138. The molecule has 27 heavy (non-hydrogen) atoms. The highest BCUT2D eigenvalue weighted by atomic mass is 16.2. The number of aromatic nitrogens is 2. The Balaban J connectivity index is 1.51. The first-order valence-electron chi connectivity index (χ1n) is 9.57. The lowest BCUT2D eigenvalue weighted by atomic mass is 10.1. The number of likely N-dealkylation sites (tertiary alicyclic amines) is 1. The summed E-state index contributed by atoms with van der Waals surface area (Å²) in [6.07, 6.45) is 2.71. The quantitative estimate of drug-likeness (QED) is 0.748. The minimum Gasteiger partial charge on any atom is -0.345 e. The van der Waals surface area contributed by atoms with E-state index < -0.39 is 0 Å². The van der Waals surface area contributed by atoms with Crippen molar-refractivity contribution in [2.45, 2.75) is 44.3 Å². The van der Waals surface area contributed by atoms with Crippen molar-refractivity contribution in [1.29, 1.82) is 0 Å². The number of benzene rings is 1. The molecule has 5 rings (SSSR count). The summed E-state index contributed by atoms with van der Waals surface area (Å²) < 4.78 is 1.76. The Labute approximate surface area is 156 Å². The first kappa shape index (κ1) is 16.5. The molecule has 0 unspecified atom stereocenters. The topological polar surface area (TPSA) is 75.5 Å². The number of hydrogen-bond donors (Lipinski definition) is 0. The van der Waals surface area contributed by atoms with Gasteiger partial charge in [0.25, 0.3) is 5.56 Å². The molecule has 3 aliphatic rings. The molecule has 4 heterocycles. The van der Waals surface area contributed by atoms with Gasteiger partial charge in [-0.05, 0) is 25.0 Å². The Morgan fingerprint density at radius 2 is 1.85 bits per heavy atom. The summed E-state index contributed by atoms with van der Waals surface area (Å²) >= 11 is 0. The van der Waals surface area contributed by atoms with Crippen LogP contribution in [0.25, 0.3) is 10.9 Å². The van der Waals surface area contributed by atoms with Crippen molar-refractivity contribution in [2.75, 3.05) is 13.6 Å². The van der Waals surface area contributed by atoms with Crippen molar-refractivity contribution >= 4 is 22.7 Å². The predicted molar refractivity (Wildman–Crippen MR) is 99.1 cm³/mol. The standard InChI is InChI=1S/C20H22N4O3/c1-22-10-12(8-18(22)25)19(26)24-13-6-7-14(24)11-23-17(9-13)21-16-5-3-2-4-15(16)20(23)27/h2-5,12-14H,6-11H2,1H3/t12-,13+,14-/m1/s1. The van der Waals surface area contributed by atoms with Gasteiger partial charge in [0.15, 0.2) is 0 Å². The highest BCUT2D eigenvalue weighted by molar-refractivity contribution is 5.89. The normalized spacial score (nSPS) is 27.1. The van der Waals surface area contributed by atoms with Gasteiger partial charge >= 0.3 is 0 Å². The van der Waals surface area contributed by atoms with Crippen molar-refractivity contribution in [3.8, 4) is 0 Å². The maximum Gasteiger partial charge on any atom is 0.261 e. The van der Waals surface area contributed by atoms with Crippen LogP contribution in [0.1, 0.15) is 25.1 Å². The van der Waals surface area contributed by atoms with Crippen molar-refractivity contribution in [2.24, 2.45) is 5.92 Å². The zero-order chi connectivity index (χ0) is 18.7. The Morgan fingerprint density at radius 1 is 1.07 bits per heavy atom. The molecule has 7 nitrogen and oxygen atoms in total. The highest BCUT2D eigenvalue weighted by Gasteiger charge is 2.44. The van der Waals surface area contributed by atoms with E-state index in [-0.39, 0.29) is 35.4 Å². The zero-order valence-electron chi connectivity index (χ0n) is 15.3. The van der Waals surface area contributed by atoms with Crippen molar-refractivity contribution in [1.82, 2.24) is 19.4 Å². The van der Waals surface area contributed by atoms with Gasteiger partial charge in [0.1, 0.15) is 5.82 Å². The van der Waals surface area contributed by atoms with E-state index in [1.54, 1.807) is 16.5 Å². The zero-order valence-corrected chi connectivity index (χ0v) is 15.3. The Bertz CT molecular complexity index is 1010. The van der Waals surface area contributed by atoms with Crippen LogP contribution in [-0.2, 0) is 22.6 Å². The summed E-state index contributed by atoms with van der Waals surface area (Å²) in [7, 11) is 1.75. The van der Waals surface area contributed by atoms with Gasteiger partial charge in [-0.15, -0.1) is 0 Å². The van der Waals surface area contributed by atoms with E-state index in [0.29, 0.717) is 36.8 Å². The summed E-state index contributed by atoms with van der Waals surface area (Å²) in [5, 5.41) is 0.625. The van der Waals surface area contributed by atoms with Crippen LogP contribution >= 0.6 is 0 Å². The molecule has 2 saturated heterocycles. The van der Waals surface area contributed by atoms with Gasteiger partial charge in [0.2, 0.25) is 11.8 Å². The molecule has 2 fully saturated rings. The smallest absolute Gasteiger partial charge is 0.261 e. The average Bonchev–Trinajstić information content (AvgIpc) is 3.14. The van der Waals surface area contributed by atoms with Crippen molar-refractivity contribution in [3.63, 3.8) is 0 Å². The fourth-order valence-corrected chi connectivity index (χ4v) is 4.92. The Morgan fingerprint density at radius 3 is 2.63 bits per heavy atom. The number of fused-ring (bicyclic) bond motifs is 4. The molecule has 7 heteroatoms. The van der Waals surface area contributed by atoms with E-state index in [2.05, 4.69) is 0 Å². The number of nitrogens with zero attached hydrogens (tertiary/aromatic N) is 4. The maximum absolute atomic E-state index is 13.2. The van der Waals surface area contributed by atoms with Gasteiger partial charge in [0, 0.05) is 39.0 Å². The minimum atomic E-state index is -0.268. The number of para-hydroxylation sites is 1. The summed E-state index contributed by atoms with van der Waals surface area (Å²) in [6.45, 7) is 0.980. The summed E-state index contributed by atoms with van der Waals surface area (Å²) in [6, 6.07) is 7.48. The second-order valence-corrected chi connectivity index (χ2v) is 7.97. The van der Waals surface area contributed by atoms with E-state index in [9.17, 15) is 14.4 Å². The second kappa shape index (κ2) is 5.90. The fraction of sp³-hybridized carbons (Fsp3) is 0.500. The van der Waals surface area contributed by atoms with Crippen molar-refractivity contribution < 1.29 is 9.59 Å². The third-order valence-electron chi connectivity index (χ3n) is 6.32. The van der Waals surface area contributed by atoms with Gasteiger partial charge < -0.3 is 9.80 Å². The maximum atomic E-state index is 13.2. The van der Waals surface area contributed by atoms with Crippen LogP contribution in [0, 0.1) is 5.92 Å². The average molecular weight is 366 g/mol. The molecule has 140 valence electrons. The van der Waals surface area contributed by atoms with Crippen molar-refractivity contribution in [3.05, 3.63) is 40.4 Å². The molecule has 3 atom stereocenters. The molecule has 2 amide bonds. The van der Waals surface area contributed by atoms with Gasteiger partial charge in [-0.25, -0.2) is 4.98 Å². The van der Waals surface area contributed by atoms with E-state index in [1.165, 1.54) is 0 Å². The molecule has 0 N–H and O–H groups in total. The number of carbonyl (C=O) groups excluding carboxylic acids is 2. The number of amides is 2. The lowest BCUT2D eigenvalue weighted by Crippen LogP contribution is -2.46. The van der Waals surface area contributed by atoms with E-state index >= 15 is 0 Å². The van der Waals surface area contributed by atoms with Crippen LogP contribution < -0.4 is 5.56 Å². The fourth-order valence-electron chi connectivity index (χ4n) is 4.92. The van der Waals surface area contributed by atoms with Crippen LogP contribution in [-0.4, -0.2) is 56.8 Å². The molecule has 2 bridgehead atoms. The van der Waals surface area contributed by atoms with Crippen LogP contribution in [0.5, 0.6) is 0 Å². The number of rotatable bonds is 1. The molecule has 0 spiro atoms. The number of hydrogen-bond acceptors (Lipinski definition) is 4.